The van der Waals surface area contributed by atoms with E-state index in [1.165, 1.54) is 31.2 Å². The van der Waals surface area contributed by atoms with Crippen molar-refractivity contribution < 1.29 is 0 Å². The summed E-state index contributed by atoms with van der Waals surface area (Å²) in [6.07, 6.45) is 8.10. The monoisotopic (exact) mass is 285 g/mol. The summed E-state index contributed by atoms with van der Waals surface area (Å²) in [5.41, 5.74) is 8.16. The van der Waals surface area contributed by atoms with E-state index < -0.39 is 0 Å². The van der Waals surface area contributed by atoms with Gasteiger partial charge in [-0.2, -0.15) is 5.10 Å². The Morgan fingerprint density at radius 1 is 1.19 bits per heavy atom. The van der Waals surface area contributed by atoms with E-state index >= 15 is 0 Å². The molecule has 0 bridgehead atoms. The summed E-state index contributed by atoms with van der Waals surface area (Å²) in [5.74, 6) is 0.624. The number of amidine groups is 1. The molecule has 0 radical (unpaired) electrons. The number of rotatable bonds is 8. The average Bonchev–Trinajstić information content (AvgIpc) is 3.00. The van der Waals surface area contributed by atoms with Gasteiger partial charge in [0.25, 0.3) is 0 Å². The van der Waals surface area contributed by atoms with Gasteiger partial charge in [-0.1, -0.05) is 50.5 Å². The standard InChI is InChI=1S/C16H23N5/c1-2-3-4-5-10-19-16(17)15-8-6-14(7-9-15)11-21-13-18-12-20-21/h6-9,12-13H,2-5,10-11H2,1H3,(H2,17,19). The van der Waals surface area contributed by atoms with Gasteiger partial charge in [0.1, 0.15) is 18.5 Å². The fraction of sp³-hybridized carbons (Fsp3) is 0.438. The van der Waals surface area contributed by atoms with Crippen molar-refractivity contribution in [1.82, 2.24) is 14.8 Å². The van der Waals surface area contributed by atoms with Crippen LogP contribution in [0.5, 0.6) is 0 Å². The van der Waals surface area contributed by atoms with Gasteiger partial charge in [-0.3, -0.25) is 4.99 Å². The van der Waals surface area contributed by atoms with Gasteiger partial charge in [0.2, 0.25) is 0 Å². The van der Waals surface area contributed by atoms with Crippen molar-refractivity contribution in [3.05, 3.63) is 48.0 Å². The molecule has 0 amide bonds. The highest BCUT2D eigenvalue weighted by Crippen LogP contribution is 2.06. The molecule has 0 fully saturated rings. The molecule has 112 valence electrons. The molecule has 2 N–H and O–H groups in total. The Morgan fingerprint density at radius 2 is 2.00 bits per heavy atom. The van der Waals surface area contributed by atoms with Crippen LogP contribution < -0.4 is 5.73 Å². The summed E-state index contributed by atoms with van der Waals surface area (Å²) in [5, 5.41) is 4.09. The molecule has 0 unspecified atom stereocenters. The van der Waals surface area contributed by atoms with Crippen LogP contribution in [-0.4, -0.2) is 27.1 Å². The molecule has 21 heavy (non-hydrogen) atoms. The largest absolute Gasteiger partial charge is 0.384 e. The van der Waals surface area contributed by atoms with Crippen LogP contribution in [0.3, 0.4) is 0 Å². The third-order valence-electron chi connectivity index (χ3n) is 3.35. The third kappa shape index (κ3) is 5.02. The molecule has 0 spiro atoms. The van der Waals surface area contributed by atoms with Crippen LogP contribution in [0.2, 0.25) is 0 Å². The molecule has 5 heteroatoms. The first kappa shape index (κ1) is 15.2. The van der Waals surface area contributed by atoms with Gasteiger partial charge in [-0.05, 0) is 12.0 Å². The number of nitrogens with two attached hydrogens (primary N) is 1. The number of benzene rings is 1. The van der Waals surface area contributed by atoms with Gasteiger partial charge < -0.3 is 5.73 Å². The van der Waals surface area contributed by atoms with E-state index in [1.807, 2.05) is 12.1 Å². The van der Waals surface area contributed by atoms with E-state index in [4.69, 9.17) is 5.73 Å². The fourth-order valence-corrected chi connectivity index (χ4v) is 2.11. The van der Waals surface area contributed by atoms with Crippen LogP contribution in [0.15, 0.2) is 41.9 Å². The van der Waals surface area contributed by atoms with Crippen molar-refractivity contribution in [2.45, 2.75) is 39.2 Å². The first-order valence-corrected chi connectivity index (χ1v) is 7.51. The van der Waals surface area contributed by atoms with Crippen molar-refractivity contribution in [2.24, 2.45) is 10.7 Å². The Hall–Kier alpha value is -2.17. The summed E-state index contributed by atoms with van der Waals surface area (Å²) in [7, 11) is 0. The molecule has 0 atom stereocenters. The number of aliphatic imine (C=N–C) groups is 1. The maximum atomic E-state index is 6.02. The number of hydrogen-bond donors (Lipinski definition) is 1. The highest BCUT2D eigenvalue weighted by Gasteiger charge is 2.00. The Kier molecular flexibility index (Phi) is 5.94. The summed E-state index contributed by atoms with van der Waals surface area (Å²) in [4.78, 5) is 8.37. The molecule has 0 aliphatic carbocycles. The molecule has 2 rings (SSSR count). The normalized spacial score (nSPS) is 11.8. The van der Waals surface area contributed by atoms with E-state index in [1.54, 1.807) is 11.0 Å². The van der Waals surface area contributed by atoms with E-state index in [-0.39, 0.29) is 0 Å². The minimum absolute atomic E-state index is 0.624. The van der Waals surface area contributed by atoms with Crippen molar-refractivity contribution in [1.29, 1.82) is 0 Å². The van der Waals surface area contributed by atoms with Gasteiger partial charge in [0, 0.05) is 12.1 Å². The zero-order valence-electron chi connectivity index (χ0n) is 12.6. The minimum Gasteiger partial charge on any atom is -0.384 e. The second kappa shape index (κ2) is 8.19. The maximum Gasteiger partial charge on any atom is 0.137 e. The van der Waals surface area contributed by atoms with Crippen LogP contribution in [0.1, 0.15) is 43.7 Å². The summed E-state index contributed by atoms with van der Waals surface area (Å²) in [6, 6.07) is 8.13. The first-order chi connectivity index (χ1) is 10.3. The molecular formula is C16H23N5. The molecule has 1 heterocycles. The second-order valence-electron chi connectivity index (χ2n) is 5.12. The molecule has 2 aromatic rings. The lowest BCUT2D eigenvalue weighted by molar-refractivity contribution is 0.675. The molecule has 5 nitrogen and oxygen atoms in total. The van der Waals surface area contributed by atoms with Gasteiger partial charge >= 0.3 is 0 Å². The highest BCUT2D eigenvalue weighted by atomic mass is 15.3. The molecule has 0 aliphatic rings. The van der Waals surface area contributed by atoms with Crippen molar-refractivity contribution in [2.75, 3.05) is 6.54 Å². The molecule has 0 saturated carbocycles. The predicted molar refractivity (Wildman–Crippen MR) is 85.3 cm³/mol. The number of hydrogen-bond acceptors (Lipinski definition) is 3. The third-order valence-corrected chi connectivity index (χ3v) is 3.35. The molecule has 1 aromatic heterocycles. The number of nitrogens with zero attached hydrogens (tertiary/aromatic N) is 4. The topological polar surface area (TPSA) is 69.1 Å². The fourth-order valence-electron chi connectivity index (χ4n) is 2.11. The van der Waals surface area contributed by atoms with E-state index in [0.717, 1.165) is 18.5 Å². The van der Waals surface area contributed by atoms with Gasteiger partial charge in [0.15, 0.2) is 0 Å². The predicted octanol–water partition coefficient (Wildman–Crippen LogP) is 2.61. The Balaban J connectivity index is 1.87. The van der Waals surface area contributed by atoms with Crippen molar-refractivity contribution in [3.63, 3.8) is 0 Å². The maximum absolute atomic E-state index is 6.02. The van der Waals surface area contributed by atoms with Crippen LogP contribution in [0.4, 0.5) is 0 Å². The SMILES string of the molecule is CCCCCCN=C(N)c1ccc(Cn2cncn2)cc1. The van der Waals surface area contributed by atoms with Crippen LogP contribution >= 0.6 is 0 Å². The Labute approximate surface area is 125 Å². The van der Waals surface area contributed by atoms with Gasteiger partial charge in [-0.15, -0.1) is 0 Å². The highest BCUT2D eigenvalue weighted by molar-refractivity contribution is 5.97. The van der Waals surface area contributed by atoms with Gasteiger partial charge in [-0.25, -0.2) is 9.67 Å². The Bertz CT molecular complexity index is 543. The lowest BCUT2D eigenvalue weighted by Gasteiger charge is -2.04. The molecule has 0 aliphatic heterocycles. The molecule has 1 aromatic carbocycles. The Morgan fingerprint density at radius 3 is 2.67 bits per heavy atom. The quantitative estimate of drug-likeness (QED) is 0.460. The van der Waals surface area contributed by atoms with Crippen LogP contribution in [-0.2, 0) is 6.54 Å². The minimum atomic E-state index is 0.624. The van der Waals surface area contributed by atoms with E-state index in [9.17, 15) is 0 Å². The molecular weight excluding hydrogens is 262 g/mol. The zero-order chi connectivity index (χ0) is 14.9. The number of unbranched alkanes of at least 4 members (excludes halogenated alkanes) is 3. The lowest BCUT2D eigenvalue weighted by Crippen LogP contribution is -2.14. The zero-order valence-corrected chi connectivity index (χ0v) is 12.6. The summed E-state index contributed by atoms with van der Waals surface area (Å²) < 4.78 is 1.79. The van der Waals surface area contributed by atoms with Crippen LogP contribution in [0.25, 0.3) is 0 Å². The second-order valence-corrected chi connectivity index (χ2v) is 5.12. The first-order valence-electron chi connectivity index (χ1n) is 7.51. The number of aromatic nitrogens is 3. The van der Waals surface area contributed by atoms with Crippen LogP contribution in [0, 0.1) is 0 Å². The summed E-state index contributed by atoms with van der Waals surface area (Å²) in [6.45, 7) is 3.74. The lowest BCUT2D eigenvalue weighted by atomic mass is 10.1. The van der Waals surface area contributed by atoms with E-state index in [2.05, 4.69) is 34.1 Å². The van der Waals surface area contributed by atoms with Crippen molar-refractivity contribution >= 4 is 5.84 Å². The molecule has 0 saturated heterocycles. The van der Waals surface area contributed by atoms with E-state index in [0.29, 0.717) is 12.4 Å². The summed E-state index contributed by atoms with van der Waals surface area (Å²) >= 11 is 0. The average molecular weight is 285 g/mol. The van der Waals surface area contributed by atoms with Crippen molar-refractivity contribution in [3.8, 4) is 0 Å². The van der Waals surface area contributed by atoms with Gasteiger partial charge in [0.05, 0.1) is 6.54 Å². The smallest absolute Gasteiger partial charge is 0.137 e.